The van der Waals surface area contributed by atoms with E-state index in [2.05, 4.69) is 42.0 Å². The highest BCUT2D eigenvalue weighted by Gasteiger charge is 2.22. The lowest BCUT2D eigenvalue weighted by atomic mass is 9.96. The Morgan fingerprint density at radius 3 is 2.59 bits per heavy atom. The number of carbonyl (C=O) groups is 1. The first kappa shape index (κ1) is 22.5. The number of likely N-dealkylation sites (N-methyl/N-ethyl adjacent to an activating group) is 1. The molecule has 1 unspecified atom stereocenters. The van der Waals surface area contributed by atoms with E-state index in [0.717, 1.165) is 68.9 Å². The summed E-state index contributed by atoms with van der Waals surface area (Å²) in [5.74, 6) is 0.681. The van der Waals surface area contributed by atoms with Crippen LogP contribution in [0, 0.1) is 17.2 Å². The maximum atomic E-state index is 12.9. The molecule has 0 aromatic heterocycles. The number of piperidine rings is 1. The molecule has 2 aliphatic rings. The van der Waals surface area contributed by atoms with E-state index in [4.69, 9.17) is 0 Å². The van der Waals surface area contributed by atoms with Crippen LogP contribution in [0.1, 0.15) is 47.7 Å². The Labute approximate surface area is 192 Å². The number of benzene rings is 2. The van der Waals surface area contributed by atoms with Gasteiger partial charge in [-0.1, -0.05) is 31.2 Å². The predicted molar refractivity (Wildman–Crippen MR) is 128 cm³/mol. The Hall–Kier alpha value is -2.68. The van der Waals surface area contributed by atoms with Gasteiger partial charge in [0.15, 0.2) is 0 Å². The molecule has 2 fully saturated rings. The van der Waals surface area contributed by atoms with Gasteiger partial charge in [-0.15, -0.1) is 0 Å². The fourth-order valence-corrected chi connectivity index (χ4v) is 4.90. The standard InChI is InChI=1S/C27H34N4O/c1-21-5-3-14-31(19-21)27(32)24-9-7-23(8-10-24)26-11-6-22(17-25(26)18-28)20-30-13-4-12-29(2)15-16-30/h6-11,17,21H,3-5,12-16,19-20H2,1-2H3. The van der Waals surface area contributed by atoms with Crippen LogP contribution in [0.2, 0.25) is 0 Å². The zero-order chi connectivity index (χ0) is 22.5. The van der Waals surface area contributed by atoms with Gasteiger partial charge in [0, 0.05) is 38.3 Å². The third kappa shape index (κ3) is 5.38. The van der Waals surface area contributed by atoms with Crippen LogP contribution in [0.4, 0.5) is 0 Å². The average Bonchev–Trinajstić information content (AvgIpc) is 3.02. The van der Waals surface area contributed by atoms with Crippen LogP contribution in [-0.4, -0.2) is 66.9 Å². The van der Waals surface area contributed by atoms with Crippen LogP contribution in [0.15, 0.2) is 42.5 Å². The third-order valence-electron chi connectivity index (χ3n) is 6.81. The smallest absolute Gasteiger partial charge is 0.253 e. The van der Waals surface area contributed by atoms with Crippen molar-refractivity contribution in [3.63, 3.8) is 0 Å². The van der Waals surface area contributed by atoms with Crippen molar-refractivity contribution >= 4 is 5.91 Å². The van der Waals surface area contributed by atoms with Crippen molar-refractivity contribution in [1.82, 2.24) is 14.7 Å². The van der Waals surface area contributed by atoms with E-state index in [9.17, 15) is 10.1 Å². The largest absolute Gasteiger partial charge is 0.338 e. The van der Waals surface area contributed by atoms with Gasteiger partial charge in [-0.05, 0) is 80.2 Å². The van der Waals surface area contributed by atoms with Crippen LogP contribution in [0.5, 0.6) is 0 Å². The Bertz CT molecular complexity index is 978. The first-order chi connectivity index (χ1) is 15.5. The van der Waals surface area contributed by atoms with Gasteiger partial charge in [0.25, 0.3) is 5.91 Å². The molecule has 32 heavy (non-hydrogen) atoms. The molecule has 4 rings (SSSR count). The highest BCUT2D eigenvalue weighted by Crippen LogP contribution is 2.26. The van der Waals surface area contributed by atoms with Crippen molar-refractivity contribution in [2.45, 2.75) is 32.7 Å². The Kier molecular flexibility index (Phi) is 7.24. The van der Waals surface area contributed by atoms with Crippen LogP contribution in [0.25, 0.3) is 11.1 Å². The first-order valence-corrected chi connectivity index (χ1v) is 11.9. The summed E-state index contributed by atoms with van der Waals surface area (Å²) in [6, 6.07) is 16.4. The first-order valence-electron chi connectivity index (χ1n) is 11.9. The Morgan fingerprint density at radius 1 is 1.03 bits per heavy atom. The minimum Gasteiger partial charge on any atom is -0.338 e. The molecule has 5 nitrogen and oxygen atoms in total. The SMILES string of the molecule is CC1CCCN(C(=O)c2ccc(-c3ccc(CN4CCCN(C)CC4)cc3C#N)cc2)C1. The lowest BCUT2D eigenvalue weighted by Gasteiger charge is -2.31. The van der Waals surface area contributed by atoms with Crippen LogP contribution in [-0.2, 0) is 6.54 Å². The molecule has 5 heteroatoms. The third-order valence-corrected chi connectivity index (χ3v) is 6.81. The summed E-state index contributed by atoms with van der Waals surface area (Å²) in [5.41, 5.74) is 4.51. The average molecular weight is 431 g/mol. The van der Waals surface area contributed by atoms with Gasteiger partial charge in [0.05, 0.1) is 11.6 Å². The molecule has 0 bridgehead atoms. The fraction of sp³-hybridized carbons (Fsp3) is 0.481. The Balaban J connectivity index is 1.47. The second kappa shape index (κ2) is 10.3. The minimum absolute atomic E-state index is 0.113. The molecular formula is C27H34N4O. The number of hydrogen-bond donors (Lipinski definition) is 0. The molecule has 1 amide bonds. The van der Waals surface area contributed by atoms with Gasteiger partial charge in [-0.2, -0.15) is 5.26 Å². The molecule has 0 aliphatic carbocycles. The molecule has 2 aliphatic heterocycles. The maximum Gasteiger partial charge on any atom is 0.253 e. The number of hydrogen-bond acceptors (Lipinski definition) is 4. The molecular weight excluding hydrogens is 396 g/mol. The molecule has 0 saturated carbocycles. The second-order valence-electron chi connectivity index (χ2n) is 9.50. The summed E-state index contributed by atoms with van der Waals surface area (Å²) in [5, 5.41) is 9.80. The van der Waals surface area contributed by atoms with Crippen molar-refractivity contribution in [3.05, 3.63) is 59.2 Å². The van der Waals surface area contributed by atoms with E-state index in [1.807, 2.05) is 35.2 Å². The number of nitrogens with zero attached hydrogens (tertiary/aromatic N) is 4. The molecule has 0 spiro atoms. The summed E-state index contributed by atoms with van der Waals surface area (Å²) >= 11 is 0. The summed E-state index contributed by atoms with van der Waals surface area (Å²) in [6.07, 6.45) is 3.46. The van der Waals surface area contributed by atoms with E-state index in [1.54, 1.807) is 0 Å². The van der Waals surface area contributed by atoms with E-state index in [-0.39, 0.29) is 5.91 Å². The number of rotatable bonds is 4. The van der Waals surface area contributed by atoms with E-state index in [1.165, 1.54) is 18.4 Å². The predicted octanol–water partition coefficient (Wildman–Crippen LogP) is 4.23. The normalized spacial score (nSPS) is 20.5. The van der Waals surface area contributed by atoms with Crippen molar-refractivity contribution < 1.29 is 4.79 Å². The quantitative estimate of drug-likeness (QED) is 0.728. The topological polar surface area (TPSA) is 50.6 Å². The van der Waals surface area contributed by atoms with Crippen molar-refractivity contribution in [1.29, 1.82) is 5.26 Å². The molecule has 1 atom stereocenters. The van der Waals surface area contributed by atoms with Gasteiger partial charge in [0.1, 0.15) is 0 Å². The van der Waals surface area contributed by atoms with Crippen molar-refractivity contribution in [3.8, 4) is 17.2 Å². The van der Waals surface area contributed by atoms with Crippen molar-refractivity contribution in [2.75, 3.05) is 46.3 Å². The van der Waals surface area contributed by atoms with Gasteiger partial charge in [-0.25, -0.2) is 0 Å². The van der Waals surface area contributed by atoms with Gasteiger partial charge in [-0.3, -0.25) is 9.69 Å². The fourth-order valence-electron chi connectivity index (χ4n) is 4.90. The number of amides is 1. The van der Waals surface area contributed by atoms with Crippen molar-refractivity contribution in [2.24, 2.45) is 5.92 Å². The van der Waals surface area contributed by atoms with E-state index in [0.29, 0.717) is 11.5 Å². The molecule has 0 radical (unpaired) electrons. The zero-order valence-electron chi connectivity index (χ0n) is 19.4. The number of carbonyl (C=O) groups excluding carboxylic acids is 1. The van der Waals surface area contributed by atoms with Gasteiger partial charge < -0.3 is 9.80 Å². The monoisotopic (exact) mass is 430 g/mol. The maximum absolute atomic E-state index is 12.9. The highest BCUT2D eigenvalue weighted by atomic mass is 16.2. The van der Waals surface area contributed by atoms with Gasteiger partial charge in [0.2, 0.25) is 0 Å². The molecule has 2 heterocycles. The molecule has 2 aromatic rings. The van der Waals surface area contributed by atoms with E-state index >= 15 is 0 Å². The Morgan fingerprint density at radius 2 is 1.84 bits per heavy atom. The van der Waals surface area contributed by atoms with E-state index < -0.39 is 0 Å². The highest BCUT2D eigenvalue weighted by molar-refractivity contribution is 5.95. The number of nitriles is 1. The lowest BCUT2D eigenvalue weighted by molar-refractivity contribution is 0.0683. The zero-order valence-corrected chi connectivity index (χ0v) is 19.4. The number of likely N-dealkylation sites (tertiary alicyclic amines) is 1. The summed E-state index contributed by atoms with van der Waals surface area (Å²) in [6.45, 7) is 9.17. The minimum atomic E-state index is 0.113. The van der Waals surface area contributed by atoms with Crippen LogP contribution < -0.4 is 0 Å². The summed E-state index contributed by atoms with van der Waals surface area (Å²) in [4.78, 5) is 19.7. The molecule has 0 N–H and O–H groups in total. The summed E-state index contributed by atoms with van der Waals surface area (Å²) in [7, 11) is 2.18. The second-order valence-corrected chi connectivity index (χ2v) is 9.50. The van der Waals surface area contributed by atoms with Crippen LogP contribution >= 0.6 is 0 Å². The van der Waals surface area contributed by atoms with Crippen LogP contribution in [0.3, 0.4) is 0 Å². The molecule has 2 aromatic carbocycles. The lowest BCUT2D eigenvalue weighted by Crippen LogP contribution is -2.39. The molecule has 168 valence electrons. The van der Waals surface area contributed by atoms with Gasteiger partial charge >= 0.3 is 0 Å². The summed E-state index contributed by atoms with van der Waals surface area (Å²) < 4.78 is 0. The molecule has 2 saturated heterocycles.